The SMILES string of the molecule is NC(CCC(=O)Nc1ccncc1)c1ccccc1. The molecule has 2 rings (SSSR count). The second-order valence-electron chi connectivity index (χ2n) is 4.34. The molecule has 0 radical (unpaired) electrons. The number of anilines is 1. The Kier molecular flexibility index (Phi) is 4.64. The minimum absolute atomic E-state index is 0.0300. The van der Waals surface area contributed by atoms with Gasteiger partial charge in [0.2, 0.25) is 5.91 Å². The molecule has 0 aliphatic rings. The van der Waals surface area contributed by atoms with E-state index in [1.807, 2.05) is 30.3 Å². The van der Waals surface area contributed by atoms with Crippen molar-refractivity contribution < 1.29 is 4.79 Å². The molecule has 98 valence electrons. The Bertz CT molecular complexity index is 513. The highest BCUT2D eigenvalue weighted by molar-refractivity contribution is 5.90. The summed E-state index contributed by atoms with van der Waals surface area (Å²) in [5, 5.41) is 2.81. The molecule has 0 saturated carbocycles. The zero-order valence-electron chi connectivity index (χ0n) is 10.6. The van der Waals surface area contributed by atoms with Gasteiger partial charge in [0.1, 0.15) is 0 Å². The molecule has 1 heterocycles. The fourth-order valence-electron chi connectivity index (χ4n) is 1.81. The Balaban J connectivity index is 1.81. The molecule has 1 amide bonds. The van der Waals surface area contributed by atoms with E-state index in [1.165, 1.54) is 0 Å². The molecule has 0 aliphatic heterocycles. The molecule has 1 atom stereocenters. The van der Waals surface area contributed by atoms with Crippen LogP contribution in [0.3, 0.4) is 0 Å². The lowest BCUT2D eigenvalue weighted by atomic mass is 10.0. The van der Waals surface area contributed by atoms with Gasteiger partial charge in [-0.3, -0.25) is 9.78 Å². The van der Waals surface area contributed by atoms with Crippen molar-refractivity contribution in [1.29, 1.82) is 0 Å². The van der Waals surface area contributed by atoms with E-state index < -0.39 is 0 Å². The van der Waals surface area contributed by atoms with Gasteiger partial charge in [-0.15, -0.1) is 0 Å². The number of amides is 1. The molecule has 2 aromatic rings. The van der Waals surface area contributed by atoms with E-state index in [4.69, 9.17) is 5.73 Å². The number of nitrogens with zero attached hydrogens (tertiary/aromatic N) is 1. The highest BCUT2D eigenvalue weighted by atomic mass is 16.1. The molecule has 0 aliphatic carbocycles. The van der Waals surface area contributed by atoms with Crippen LogP contribution >= 0.6 is 0 Å². The summed E-state index contributed by atoms with van der Waals surface area (Å²) in [4.78, 5) is 15.7. The quantitative estimate of drug-likeness (QED) is 0.862. The van der Waals surface area contributed by atoms with Crippen molar-refractivity contribution in [2.75, 3.05) is 5.32 Å². The van der Waals surface area contributed by atoms with Gasteiger partial charge in [0.25, 0.3) is 0 Å². The van der Waals surface area contributed by atoms with Gasteiger partial charge in [-0.25, -0.2) is 0 Å². The highest BCUT2D eigenvalue weighted by Gasteiger charge is 2.08. The van der Waals surface area contributed by atoms with Crippen molar-refractivity contribution in [2.24, 2.45) is 5.73 Å². The number of nitrogens with two attached hydrogens (primary N) is 1. The van der Waals surface area contributed by atoms with E-state index in [0.29, 0.717) is 12.8 Å². The topological polar surface area (TPSA) is 68.0 Å². The smallest absolute Gasteiger partial charge is 0.224 e. The van der Waals surface area contributed by atoms with Gasteiger partial charge in [-0.1, -0.05) is 30.3 Å². The summed E-state index contributed by atoms with van der Waals surface area (Å²) in [5.74, 6) is -0.0300. The number of carbonyl (C=O) groups is 1. The Morgan fingerprint density at radius 3 is 2.53 bits per heavy atom. The molecule has 0 bridgehead atoms. The van der Waals surface area contributed by atoms with Gasteiger partial charge < -0.3 is 11.1 Å². The lowest BCUT2D eigenvalue weighted by Crippen LogP contribution is -2.16. The molecule has 1 aromatic heterocycles. The first-order chi connectivity index (χ1) is 9.25. The Morgan fingerprint density at radius 1 is 1.16 bits per heavy atom. The maximum Gasteiger partial charge on any atom is 0.224 e. The molecule has 4 heteroatoms. The van der Waals surface area contributed by atoms with Crippen LogP contribution in [0.4, 0.5) is 5.69 Å². The lowest BCUT2D eigenvalue weighted by Gasteiger charge is -2.11. The van der Waals surface area contributed by atoms with Crippen molar-refractivity contribution in [3.63, 3.8) is 0 Å². The van der Waals surface area contributed by atoms with E-state index in [9.17, 15) is 4.79 Å². The number of aromatic nitrogens is 1. The minimum Gasteiger partial charge on any atom is -0.326 e. The van der Waals surface area contributed by atoms with Gasteiger partial charge in [0.15, 0.2) is 0 Å². The largest absolute Gasteiger partial charge is 0.326 e. The number of hydrogen-bond donors (Lipinski definition) is 2. The molecule has 4 nitrogen and oxygen atoms in total. The minimum atomic E-state index is -0.107. The Morgan fingerprint density at radius 2 is 1.84 bits per heavy atom. The predicted molar refractivity (Wildman–Crippen MR) is 75.5 cm³/mol. The molecule has 0 saturated heterocycles. The van der Waals surface area contributed by atoms with E-state index in [1.54, 1.807) is 24.5 Å². The van der Waals surface area contributed by atoms with Gasteiger partial charge in [0.05, 0.1) is 0 Å². The fourth-order valence-corrected chi connectivity index (χ4v) is 1.81. The van der Waals surface area contributed by atoms with Crippen LogP contribution < -0.4 is 11.1 Å². The maximum atomic E-state index is 11.8. The summed E-state index contributed by atoms with van der Waals surface area (Å²) in [5.41, 5.74) is 7.86. The van der Waals surface area contributed by atoms with Crippen LogP contribution in [0.2, 0.25) is 0 Å². The normalized spacial score (nSPS) is 11.8. The summed E-state index contributed by atoms with van der Waals surface area (Å²) in [6.07, 6.45) is 4.32. The number of rotatable bonds is 5. The number of nitrogens with one attached hydrogen (secondary N) is 1. The van der Waals surface area contributed by atoms with Crippen molar-refractivity contribution in [3.8, 4) is 0 Å². The van der Waals surface area contributed by atoms with E-state index in [2.05, 4.69) is 10.3 Å². The molecule has 0 fully saturated rings. The van der Waals surface area contributed by atoms with E-state index in [0.717, 1.165) is 11.3 Å². The molecule has 1 aromatic carbocycles. The number of benzene rings is 1. The maximum absolute atomic E-state index is 11.8. The first kappa shape index (κ1) is 13.2. The van der Waals surface area contributed by atoms with Gasteiger partial charge in [-0.2, -0.15) is 0 Å². The van der Waals surface area contributed by atoms with Crippen LogP contribution in [0.15, 0.2) is 54.9 Å². The standard InChI is InChI=1S/C15H17N3O/c16-14(12-4-2-1-3-5-12)6-7-15(19)18-13-8-10-17-11-9-13/h1-5,8-11,14H,6-7,16H2,(H,17,18,19). The number of hydrogen-bond acceptors (Lipinski definition) is 3. The van der Waals surface area contributed by atoms with Crippen LogP contribution in [0.5, 0.6) is 0 Å². The van der Waals surface area contributed by atoms with Crippen LogP contribution in [0.25, 0.3) is 0 Å². The van der Waals surface area contributed by atoms with Gasteiger partial charge in [-0.05, 0) is 24.1 Å². The summed E-state index contributed by atoms with van der Waals surface area (Å²) >= 11 is 0. The molecule has 3 N–H and O–H groups in total. The molecular weight excluding hydrogens is 238 g/mol. The lowest BCUT2D eigenvalue weighted by molar-refractivity contribution is -0.116. The number of pyridine rings is 1. The third kappa shape index (κ3) is 4.19. The summed E-state index contributed by atoms with van der Waals surface area (Å²) < 4.78 is 0. The first-order valence-electron chi connectivity index (χ1n) is 6.26. The van der Waals surface area contributed by atoms with Crippen molar-refractivity contribution in [3.05, 3.63) is 60.4 Å². The third-order valence-electron chi connectivity index (χ3n) is 2.87. The first-order valence-corrected chi connectivity index (χ1v) is 6.26. The second-order valence-corrected chi connectivity index (χ2v) is 4.34. The molecular formula is C15H17N3O. The zero-order chi connectivity index (χ0) is 13.5. The number of carbonyl (C=O) groups excluding carboxylic acids is 1. The van der Waals surface area contributed by atoms with Crippen molar-refractivity contribution >= 4 is 11.6 Å². The van der Waals surface area contributed by atoms with E-state index in [-0.39, 0.29) is 11.9 Å². The average molecular weight is 255 g/mol. The third-order valence-corrected chi connectivity index (χ3v) is 2.87. The summed E-state index contributed by atoms with van der Waals surface area (Å²) in [6, 6.07) is 13.2. The molecule has 1 unspecified atom stereocenters. The molecule has 0 spiro atoms. The van der Waals surface area contributed by atoms with Gasteiger partial charge >= 0.3 is 0 Å². The van der Waals surface area contributed by atoms with Crippen LogP contribution in [-0.2, 0) is 4.79 Å². The average Bonchev–Trinajstić information content (AvgIpc) is 2.47. The Labute approximate surface area is 112 Å². The second kappa shape index (κ2) is 6.66. The molecule has 19 heavy (non-hydrogen) atoms. The van der Waals surface area contributed by atoms with Crippen molar-refractivity contribution in [2.45, 2.75) is 18.9 Å². The zero-order valence-corrected chi connectivity index (χ0v) is 10.6. The van der Waals surface area contributed by atoms with Gasteiger partial charge in [0, 0.05) is 30.5 Å². The van der Waals surface area contributed by atoms with E-state index >= 15 is 0 Å². The van der Waals surface area contributed by atoms with Crippen LogP contribution in [0.1, 0.15) is 24.4 Å². The summed E-state index contributed by atoms with van der Waals surface area (Å²) in [6.45, 7) is 0. The van der Waals surface area contributed by atoms with Crippen LogP contribution in [-0.4, -0.2) is 10.9 Å². The highest BCUT2D eigenvalue weighted by Crippen LogP contribution is 2.15. The summed E-state index contributed by atoms with van der Waals surface area (Å²) in [7, 11) is 0. The fraction of sp³-hybridized carbons (Fsp3) is 0.200. The van der Waals surface area contributed by atoms with Crippen LogP contribution in [0, 0.1) is 0 Å². The monoisotopic (exact) mass is 255 g/mol. The van der Waals surface area contributed by atoms with Crippen molar-refractivity contribution in [1.82, 2.24) is 4.98 Å². The Hall–Kier alpha value is -2.20. The predicted octanol–water partition coefficient (Wildman–Crippen LogP) is 2.50.